The Morgan fingerprint density at radius 1 is 1.40 bits per heavy atom. The normalized spacial score (nSPS) is 16.7. The molecule has 1 saturated heterocycles. The van der Waals surface area contributed by atoms with Crippen LogP contribution < -0.4 is 5.32 Å². The van der Waals surface area contributed by atoms with Gasteiger partial charge in [-0.15, -0.1) is 0 Å². The minimum atomic E-state index is -0.107. The van der Waals surface area contributed by atoms with Crippen molar-refractivity contribution in [3.63, 3.8) is 0 Å². The molecule has 1 aromatic rings. The average molecular weight is 366 g/mol. The fourth-order valence-corrected chi connectivity index (χ4v) is 3.33. The van der Waals surface area contributed by atoms with E-state index >= 15 is 0 Å². The van der Waals surface area contributed by atoms with Crippen molar-refractivity contribution >= 4 is 23.5 Å². The van der Waals surface area contributed by atoms with Crippen LogP contribution in [0.25, 0.3) is 0 Å². The Balaban J connectivity index is 1.93. The highest BCUT2D eigenvalue weighted by atomic mass is 35.5. The summed E-state index contributed by atoms with van der Waals surface area (Å²) in [7, 11) is 3.24. The van der Waals surface area contributed by atoms with Crippen molar-refractivity contribution in [2.24, 2.45) is 10.9 Å². The first-order valence-corrected chi connectivity index (χ1v) is 9.04. The highest BCUT2D eigenvalue weighted by Crippen LogP contribution is 2.25. The molecule has 0 aromatic heterocycles. The number of carbonyl (C=O) groups is 1. The lowest BCUT2D eigenvalue weighted by molar-refractivity contribution is -0.146. The summed E-state index contributed by atoms with van der Waals surface area (Å²) in [5, 5.41) is 4.22. The summed E-state index contributed by atoms with van der Waals surface area (Å²) in [5.74, 6) is 0.769. The van der Waals surface area contributed by atoms with E-state index in [1.807, 2.05) is 18.2 Å². The number of rotatable bonds is 4. The van der Waals surface area contributed by atoms with Gasteiger partial charge < -0.3 is 15.0 Å². The number of hydrogen-bond acceptors (Lipinski definition) is 3. The Kier molecular flexibility index (Phi) is 6.71. The van der Waals surface area contributed by atoms with Crippen molar-refractivity contribution in [3.8, 4) is 0 Å². The summed E-state index contributed by atoms with van der Waals surface area (Å²) in [5.41, 5.74) is 1.11. The topological polar surface area (TPSA) is 53.9 Å². The highest BCUT2D eigenvalue weighted by molar-refractivity contribution is 6.30. The largest absolute Gasteiger partial charge is 0.469 e. The minimum absolute atomic E-state index is 0.00209. The van der Waals surface area contributed by atoms with Crippen LogP contribution in [0, 0.1) is 5.92 Å². The summed E-state index contributed by atoms with van der Waals surface area (Å²) >= 11 is 6.12. The number of likely N-dealkylation sites (tertiary alicyclic amines) is 1. The lowest BCUT2D eigenvalue weighted by Gasteiger charge is -2.35. The quantitative estimate of drug-likeness (QED) is 0.506. The molecule has 1 aliphatic heterocycles. The number of hydrogen-bond donors (Lipinski definition) is 1. The lowest BCUT2D eigenvalue weighted by Crippen LogP contribution is -2.49. The van der Waals surface area contributed by atoms with Crippen LogP contribution in [0.1, 0.15) is 32.3 Å². The van der Waals surface area contributed by atoms with Crippen molar-refractivity contribution in [1.29, 1.82) is 0 Å². The molecule has 6 heteroatoms. The van der Waals surface area contributed by atoms with Gasteiger partial charge in [0, 0.05) is 37.1 Å². The molecular formula is C19H28ClN3O2. The Morgan fingerprint density at radius 2 is 2.08 bits per heavy atom. The molecule has 0 saturated carbocycles. The van der Waals surface area contributed by atoms with Crippen LogP contribution in [0.4, 0.5) is 0 Å². The first kappa shape index (κ1) is 19.6. The van der Waals surface area contributed by atoms with E-state index in [1.54, 1.807) is 7.05 Å². The van der Waals surface area contributed by atoms with Gasteiger partial charge in [-0.25, -0.2) is 0 Å². The Labute approximate surface area is 155 Å². The number of nitrogens with one attached hydrogen (secondary N) is 1. The number of ether oxygens (including phenoxy) is 1. The fraction of sp³-hybridized carbons (Fsp3) is 0.579. The number of esters is 1. The Morgan fingerprint density at radius 3 is 2.64 bits per heavy atom. The van der Waals surface area contributed by atoms with E-state index in [1.165, 1.54) is 12.7 Å². The smallest absolute Gasteiger partial charge is 0.308 e. The van der Waals surface area contributed by atoms with E-state index in [-0.39, 0.29) is 17.3 Å². The first-order chi connectivity index (χ1) is 11.9. The second-order valence-electron chi connectivity index (χ2n) is 7.08. The van der Waals surface area contributed by atoms with Crippen LogP contribution in [0.5, 0.6) is 0 Å². The van der Waals surface area contributed by atoms with Gasteiger partial charge in [-0.3, -0.25) is 9.79 Å². The molecule has 0 bridgehead atoms. The number of guanidine groups is 1. The molecule has 0 spiro atoms. The van der Waals surface area contributed by atoms with Crippen LogP contribution in [-0.2, 0) is 14.9 Å². The molecule has 0 aliphatic carbocycles. The van der Waals surface area contributed by atoms with Gasteiger partial charge in [0.05, 0.1) is 13.0 Å². The Hall–Kier alpha value is -1.75. The second-order valence-corrected chi connectivity index (χ2v) is 7.52. The van der Waals surface area contributed by atoms with Crippen molar-refractivity contribution in [3.05, 3.63) is 34.9 Å². The average Bonchev–Trinajstić information content (AvgIpc) is 2.62. The maximum Gasteiger partial charge on any atom is 0.308 e. The molecule has 0 unspecified atom stereocenters. The van der Waals surface area contributed by atoms with Gasteiger partial charge in [0.2, 0.25) is 0 Å². The summed E-state index contributed by atoms with van der Waals surface area (Å²) in [6.07, 6.45) is 1.59. The fourth-order valence-electron chi connectivity index (χ4n) is 3.14. The van der Waals surface area contributed by atoms with Crippen LogP contribution in [0.3, 0.4) is 0 Å². The van der Waals surface area contributed by atoms with Crippen LogP contribution >= 0.6 is 11.6 Å². The number of methoxy groups -OCH3 is 1. The molecule has 1 heterocycles. The van der Waals surface area contributed by atoms with E-state index in [0.717, 1.165) is 43.5 Å². The molecular weight excluding hydrogens is 338 g/mol. The third-order valence-electron chi connectivity index (χ3n) is 4.84. The van der Waals surface area contributed by atoms with Gasteiger partial charge in [-0.05, 0) is 30.5 Å². The van der Waals surface area contributed by atoms with Crippen molar-refractivity contribution in [2.75, 3.05) is 33.8 Å². The molecule has 0 atom stereocenters. The lowest BCUT2D eigenvalue weighted by atomic mass is 9.84. The molecule has 1 aromatic carbocycles. The molecule has 1 fully saturated rings. The minimum Gasteiger partial charge on any atom is -0.469 e. The zero-order valence-electron chi connectivity index (χ0n) is 15.5. The number of benzene rings is 1. The van der Waals surface area contributed by atoms with Crippen LogP contribution in [0.15, 0.2) is 29.3 Å². The molecule has 0 amide bonds. The van der Waals surface area contributed by atoms with Crippen molar-refractivity contribution < 1.29 is 9.53 Å². The first-order valence-electron chi connectivity index (χ1n) is 8.67. The van der Waals surface area contributed by atoms with E-state index in [2.05, 4.69) is 35.1 Å². The molecule has 1 aliphatic rings. The standard InChI is InChI=1S/C19H28ClN3O2/c1-19(2,15-6-5-7-16(20)12-15)13-22-18(21-3)23-10-8-14(9-11-23)17(24)25-4/h5-7,12,14H,8-11,13H2,1-4H3,(H,21,22). The third-order valence-corrected chi connectivity index (χ3v) is 5.07. The number of carbonyl (C=O) groups excluding carboxylic acids is 1. The SMILES string of the molecule is CN=C(NCC(C)(C)c1cccc(Cl)c1)N1CCC(C(=O)OC)CC1. The second kappa shape index (κ2) is 8.56. The molecule has 25 heavy (non-hydrogen) atoms. The molecule has 0 radical (unpaired) electrons. The molecule has 138 valence electrons. The molecule has 1 N–H and O–H groups in total. The summed E-state index contributed by atoms with van der Waals surface area (Å²) in [6.45, 7) is 6.72. The number of aliphatic imine (C=N–C) groups is 1. The predicted molar refractivity (Wildman–Crippen MR) is 102 cm³/mol. The third kappa shape index (κ3) is 5.11. The summed E-state index contributed by atoms with van der Waals surface area (Å²) in [4.78, 5) is 18.3. The van der Waals surface area contributed by atoms with Gasteiger partial charge in [0.1, 0.15) is 0 Å². The zero-order valence-corrected chi connectivity index (χ0v) is 16.3. The maximum atomic E-state index is 11.7. The number of piperidine rings is 1. The van der Waals surface area contributed by atoms with Crippen molar-refractivity contribution in [1.82, 2.24) is 10.2 Å². The highest BCUT2D eigenvalue weighted by Gasteiger charge is 2.28. The van der Waals surface area contributed by atoms with E-state index in [9.17, 15) is 4.79 Å². The molecule has 2 rings (SSSR count). The number of nitrogens with zero attached hydrogens (tertiary/aromatic N) is 2. The van der Waals surface area contributed by atoms with E-state index in [4.69, 9.17) is 16.3 Å². The number of halogens is 1. The maximum absolute atomic E-state index is 11.7. The molecule has 5 nitrogen and oxygen atoms in total. The van der Waals surface area contributed by atoms with E-state index in [0.29, 0.717) is 0 Å². The predicted octanol–water partition coefficient (Wildman–Crippen LogP) is 3.08. The summed E-state index contributed by atoms with van der Waals surface area (Å²) < 4.78 is 4.85. The van der Waals surface area contributed by atoms with Crippen LogP contribution in [0.2, 0.25) is 5.02 Å². The summed E-state index contributed by atoms with van der Waals surface area (Å²) in [6, 6.07) is 7.97. The van der Waals surface area contributed by atoms with Gasteiger partial charge in [0.25, 0.3) is 0 Å². The van der Waals surface area contributed by atoms with Gasteiger partial charge in [0.15, 0.2) is 5.96 Å². The van der Waals surface area contributed by atoms with Gasteiger partial charge in [-0.1, -0.05) is 37.6 Å². The van der Waals surface area contributed by atoms with Crippen molar-refractivity contribution in [2.45, 2.75) is 32.1 Å². The van der Waals surface area contributed by atoms with Crippen LogP contribution in [-0.4, -0.2) is 50.6 Å². The van der Waals surface area contributed by atoms with Gasteiger partial charge >= 0.3 is 5.97 Å². The van der Waals surface area contributed by atoms with E-state index < -0.39 is 0 Å². The zero-order chi connectivity index (χ0) is 18.4. The Bertz CT molecular complexity index is 623. The monoisotopic (exact) mass is 365 g/mol. The van der Waals surface area contributed by atoms with Gasteiger partial charge in [-0.2, -0.15) is 0 Å².